The number of hydrogen-bond acceptors (Lipinski definition) is 0. The maximum Gasteiger partial charge on any atom is -0.00169 e. The quantitative estimate of drug-likeness (QED) is 0.468. The predicted molar refractivity (Wildman–Crippen MR) is 105 cm³/mol. The molecule has 0 aliphatic heterocycles. The molecular weight excluding hydrogens is 288 g/mol. The molecule has 0 heterocycles. The van der Waals surface area contributed by atoms with Gasteiger partial charge in [-0.3, -0.25) is 0 Å². The Morgan fingerprint density at radius 3 is 1.62 bits per heavy atom. The SMILES string of the molecule is CC/C(=C(/Cc1ccc(C)cc1)c1ccccc1)c1ccccc1. The molecular formula is C24H24. The van der Waals surface area contributed by atoms with Crippen LogP contribution < -0.4 is 0 Å². The Morgan fingerprint density at radius 2 is 1.12 bits per heavy atom. The van der Waals surface area contributed by atoms with Gasteiger partial charge in [0.15, 0.2) is 0 Å². The van der Waals surface area contributed by atoms with E-state index < -0.39 is 0 Å². The van der Waals surface area contributed by atoms with Gasteiger partial charge < -0.3 is 0 Å². The molecule has 0 fully saturated rings. The summed E-state index contributed by atoms with van der Waals surface area (Å²) < 4.78 is 0. The molecule has 120 valence electrons. The molecule has 0 saturated carbocycles. The molecule has 3 rings (SSSR count). The summed E-state index contributed by atoms with van der Waals surface area (Å²) in [7, 11) is 0. The Labute approximate surface area is 145 Å². The van der Waals surface area contributed by atoms with Crippen LogP contribution in [0.1, 0.15) is 35.6 Å². The van der Waals surface area contributed by atoms with Crippen molar-refractivity contribution in [3.05, 3.63) is 107 Å². The molecule has 24 heavy (non-hydrogen) atoms. The van der Waals surface area contributed by atoms with Crippen molar-refractivity contribution >= 4 is 11.1 Å². The van der Waals surface area contributed by atoms with E-state index in [0.29, 0.717) is 0 Å². The van der Waals surface area contributed by atoms with Gasteiger partial charge in [0, 0.05) is 0 Å². The number of rotatable bonds is 5. The maximum atomic E-state index is 2.25. The largest absolute Gasteiger partial charge is 0.0622 e. The molecule has 0 unspecified atom stereocenters. The van der Waals surface area contributed by atoms with Crippen LogP contribution in [0.2, 0.25) is 0 Å². The molecule has 0 nitrogen and oxygen atoms in total. The van der Waals surface area contributed by atoms with Crippen molar-refractivity contribution < 1.29 is 0 Å². The van der Waals surface area contributed by atoms with E-state index in [1.54, 1.807) is 0 Å². The molecule has 0 radical (unpaired) electrons. The Bertz CT molecular complexity index is 794. The lowest BCUT2D eigenvalue weighted by atomic mass is 9.88. The second-order valence-corrected chi connectivity index (χ2v) is 6.21. The van der Waals surface area contributed by atoms with E-state index in [9.17, 15) is 0 Å². The van der Waals surface area contributed by atoms with Crippen LogP contribution in [0.4, 0.5) is 0 Å². The van der Waals surface area contributed by atoms with Crippen LogP contribution in [0.5, 0.6) is 0 Å². The van der Waals surface area contributed by atoms with Gasteiger partial charge in [-0.1, -0.05) is 97.4 Å². The number of aryl methyl sites for hydroxylation is 1. The van der Waals surface area contributed by atoms with Crippen molar-refractivity contribution in [1.29, 1.82) is 0 Å². The molecule has 0 spiro atoms. The smallest absolute Gasteiger partial charge is 0.00169 e. The summed E-state index contributed by atoms with van der Waals surface area (Å²) in [6.07, 6.45) is 1.99. The molecule has 0 aliphatic rings. The lowest BCUT2D eigenvalue weighted by Crippen LogP contribution is -1.97. The van der Waals surface area contributed by atoms with Gasteiger partial charge >= 0.3 is 0 Å². The highest BCUT2D eigenvalue weighted by Gasteiger charge is 2.11. The lowest BCUT2D eigenvalue weighted by molar-refractivity contribution is 1.20. The number of allylic oxidation sites excluding steroid dienone is 2. The molecule has 0 amide bonds. The van der Waals surface area contributed by atoms with Gasteiger partial charge in [-0.25, -0.2) is 0 Å². The van der Waals surface area contributed by atoms with E-state index in [-0.39, 0.29) is 0 Å². The molecule has 0 saturated heterocycles. The highest BCUT2D eigenvalue weighted by atomic mass is 14.2. The Hall–Kier alpha value is -2.60. The minimum absolute atomic E-state index is 0.961. The van der Waals surface area contributed by atoms with E-state index in [2.05, 4.69) is 98.8 Å². The van der Waals surface area contributed by atoms with Crippen molar-refractivity contribution in [1.82, 2.24) is 0 Å². The van der Waals surface area contributed by atoms with Crippen molar-refractivity contribution in [3.8, 4) is 0 Å². The topological polar surface area (TPSA) is 0 Å². The fourth-order valence-corrected chi connectivity index (χ4v) is 3.16. The molecule has 3 aromatic carbocycles. The van der Waals surface area contributed by atoms with Gasteiger partial charge in [0.1, 0.15) is 0 Å². The number of hydrogen-bond donors (Lipinski definition) is 0. The van der Waals surface area contributed by atoms with E-state index >= 15 is 0 Å². The minimum Gasteiger partial charge on any atom is -0.0622 e. The first kappa shape index (κ1) is 16.3. The number of benzene rings is 3. The fraction of sp³-hybridized carbons (Fsp3) is 0.167. The summed E-state index contributed by atoms with van der Waals surface area (Å²) in [4.78, 5) is 0. The van der Waals surface area contributed by atoms with Crippen LogP contribution in [-0.2, 0) is 6.42 Å². The normalized spacial score (nSPS) is 11.9. The van der Waals surface area contributed by atoms with Gasteiger partial charge in [0.25, 0.3) is 0 Å². The van der Waals surface area contributed by atoms with Crippen LogP contribution >= 0.6 is 0 Å². The van der Waals surface area contributed by atoms with Crippen LogP contribution in [-0.4, -0.2) is 0 Å². The van der Waals surface area contributed by atoms with Gasteiger partial charge in [-0.15, -0.1) is 0 Å². The summed E-state index contributed by atoms with van der Waals surface area (Å²) in [5.41, 5.74) is 8.17. The molecule has 0 atom stereocenters. The zero-order valence-electron chi connectivity index (χ0n) is 14.5. The second-order valence-electron chi connectivity index (χ2n) is 6.21. The van der Waals surface area contributed by atoms with Gasteiger partial charge in [0.05, 0.1) is 0 Å². The third kappa shape index (κ3) is 3.83. The van der Waals surface area contributed by atoms with Crippen molar-refractivity contribution in [2.24, 2.45) is 0 Å². The van der Waals surface area contributed by atoms with E-state index in [1.165, 1.54) is 33.4 Å². The zero-order valence-corrected chi connectivity index (χ0v) is 14.5. The predicted octanol–water partition coefficient (Wildman–Crippen LogP) is 6.56. The first-order chi connectivity index (χ1) is 11.8. The van der Waals surface area contributed by atoms with Gasteiger partial charge in [-0.2, -0.15) is 0 Å². The van der Waals surface area contributed by atoms with Gasteiger partial charge in [0.2, 0.25) is 0 Å². The van der Waals surface area contributed by atoms with Crippen LogP contribution in [0, 0.1) is 6.92 Å². The molecule has 0 N–H and O–H groups in total. The van der Waals surface area contributed by atoms with Crippen molar-refractivity contribution in [2.45, 2.75) is 26.7 Å². The highest BCUT2D eigenvalue weighted by molar-refractivity contribution is 5.91. The molecule has 0 aliphatic carbocycles. The standard InChI is InChI=1S/C24H24/c1-3-23(21-10-6-4-7-11-21)24(22-12-8-5-9-13-22)18-20-16-14-19(2)15-17-20/h4-17H,3,18H2,1-2H3/b24-23+. The molecule has 0 aromatic heterocycles. The highest BCUT2D eigenvalue weighted by Crippen LogP contribution is 2.31. The lowest BCUT2D eigenvalue weighted by Gasteiger charge is -2.16. The molecule has 0 heteroatoms. The molecule has 3 aromatic rings. The maximum absolute atomic E-state index is 2.25. The monoisotopic (exact) mass is 312 g/mol. The van der Waals surface area contributed by atoms with Crippen molar-refractivity contribution in [2.75, 3.05) is 0 Å². The van der Waals surface area contributed by atoms with Crippen molar-refractivity contribution in [3.63, 3.8) is 0 Å². The van der Waals surface area contributed by atoms with E-state index in [1.807, 2.05) is 0 Å². The summed E-state index contributed by atoms with van der Waals surface area (Å²) in [5.74, 6) is 0. The van der Waals surface area contributed by atoms with Gasteiger partial charge in [-0.05, 0) is 47.6 Å². The Kier molecular flexibility index (Phi) is 5.28. The molecule has 0 bridgehead atoms. The van der Waals surface area contributed by atoms with Crippen LogP contribution in [0.3, 0.4) is 0 Å². The second kappa shape index (κ2) is 7.79. The average molecular weight is 312 g/mol. The summed E-state index contributed by atoms with van der Waals surface area (Å²) in [6.45, 7) is 4.39. The zero-order chi connectivity index (χ0) is 16.8. The average Bonchev–Trinajstić information content (AvgIpc) is 2.65. The minimum atomic E-state index is 0.961. The van der Waals surface area contributed by atoms with Crippen LogP contribution in [0.15, 0.2) is 84.9 Å². The first-order valence-corrected chi connectivity index (χ1v) is 8.66. The summed E-state index contributed by atoms with van der Waals surface area (Å²) >= 11 is 0. The first-order valence-electron chi connectivity index (χ1n) is 8.66. The van der Waals surface area contributed by atoms with E-state index in [4.69, 9.17) is 0 Å². The third-order valence-corrected chi connectivity index (χ3v) is 4.46. The third-order valence-electron chi connectivity index (χ3n) is 4.46. The summed E-state index contributed by atoms with van der Waals surface area (Å²) in [6, 6.07) is 30.5. The fourth-order valence-electron chi connectivity index (χ4n) is 3.16. The van der Waals surface area contributed by atoms with Crippen LogP contribution in [0.25, 0.3) is 11.1 Å². The Morgan fingerprint density at radius 1 is 0.625 bits per heavy atom. The Balaban J connectivity index is 2.10. The van der Waals surface area contributed by atoms with E-state index in [0.717, 1.165) is 12.8 Å². The summed E-state index contributed by atoms with van der Waals surface area (Å²) in [5, 5.41) is 0.